The zero-order valence-electron chi connectivity index (χ0n) is 15.6. The van der Waals surface area contributed by atoms with Gasteiger partial charge < -0.3 is 26.4 Å². The van der Waals surface area contributed by atoms with Crippen LogP contribution in [0.25, 0.3) is 0 Å². The molecule has 0 aliphatic rings. The number of carbonyl (C=O) groups is 2. The van der Waals surface area contributed by atoms with Crippen LogP contribution in [0.4, 0.5) is 11.5 Å². The van der Waals surface area contributed by atoms with Crippen LogP contribution < -0.4 is 26.4 Å². The standard InChI is InChI=1S/C20H20N6O3/c1-22-19(28)17(21)26-18(27)15-5-4-12-24-20(15)29-14-9-7-13(8-10-14)25-16-6-2-3-11-23-16/h2-12,17H,21H2,1H3,(H,22,28)(H,23,25)(H,26,27). The summed E-state index contributed by atoms with van der Waals surface area (Å²) < 4.78 is 5.75. The first-order chi connectivity index (χ1) is 14.1. The lowest BCUT2D eigenvalue weighted by Gasteiger charge is -2.14. The second-order valence-electron chi connectivity index (χ2n) is 5.89. The average Bonchev–Trinajstić information content (AvgIpc) is 2.75. The molecule has 1 aromatic carbocycles. The van der Waals surface area contributed by atoms with Gasteiger partial charge in [-0.2, -0.15) is 0 Å². The van der Waals surface area contributed by atoms with Gasteiger partial charge in [0.1, 0.15) is 17.1 Å². The molecule has 9 nitrogen and oxygen atoms in total. The number of pyridine rings is 2. The highest BCUT2D eigenvalue weighted by molar-refractivity contribution is 5.99. The van der Waals surface area contributed by atoms with Crippen molar-refractivity contribution in [2.24, 2.45) is 5.73 Å². The summed E-state index contributed by atoms with van der Waals surface area (Å²) in [5, 5.41) is 7.93. The molecule has 0 fully saturated rings. The van der Waals surface area contributed by atoms with Crippen molar-refractivity contribution in [2.75, 3.05) is 12.4 Å². The third-order valence-electron chi connectivity index (χ3n) is 3.84. The molecule has 0 saturated heterocycles. The van der Waals surface area contributed by atoms with E-state index in [0.717, 1.165) is 11.5 Å². The Morgan fingerprint density at radius 1 is 1.00 bits per heavy atom. The molecule has 5 N–H and O–H groups in total. The normalized spacial score (nSPS) is 11.2. The van der Waals surface area contributed by atoms with Crippen LogP contribution in [0, 0.1) is 0 Å². The number of nitrogens with two attached hydrogens (primary N) is 1. The van der Waals surface area contributed by atoms with Gasteiger partial charge in [0, 0.05) is 25.1 Å². The lowest BCUT2D eigenvalue weighted by molar-refractivity contribution is -0.122. The molecule has 0 aliphatic heterocycles. The SMILES string of the molecule is CNC(=O)C(N)NC(=O)c1cccnc1Oc1ccc(Nc2ccccn2)cc1. The molecule has 2 heterocycles. The number of ether oxygens (including phenoxy) is 1. The molecule has 29 heavy (non-hydrogen) atoms. The summed E-state index contributed by atoms with van der Waals surface area (Å²) in [5.41, 5.74) is 6.61. The maximum absolute atomic E-state index is 12.4. The van der Waals surface area contributed by atoms with E-state index in [1.165, 1.54) is 19.3 Å². The average molecular weight is 392 g/mol. The van der Waals surface area contributed by atoms with Gasteiger partial charge in [-0.3, -0.25) is 9.59 Å². The van der Waals surface area contributed by atoms with Gasteiger partial charge in [-0.25, -0.2) is 9.97 Å². The van der Waals surface area contributed by atoms with Crippen molar-refractivity contribution in [1.82, 2.24) is 20.6 Å². The lowest BCUT2D eigenvalue weighted by Crippen LogP contribution is -2.51. The molecule has 0 radical (unpaired) electrons. The van der Waals surface area contributed by atoms with Crippen molar-refractivity contribution in [3.63, 3.8) is 0 Å². The fourth-order valence-corrected chi connectivity index (χ4v) is 2.39. The molecular weight excluding hydrogens is 372 g/mol. The minimum absolute atomic E-state index is 0.0968. The van der Waals surface area contributed by atoms with Gasteiger partial charge in [0.15, 0.2) is 6.17 Å². The summed E-state index contributed by atoms with van der Waals surface area (Å²) in [6, 6.07) is 15.8. The third-order valence-corrected chi connectivity index (χ3v) is 3.84. The second-order valence-corrected chi connectivity index (χ2v) is 5.89. The molecule has 2 amide bonds. The van der Waals surface area contributed by atoms with E-state index in [1.807, 2.05) is 30.3 Å². The first kappa shape index (κ1) is 19.8. The number of likely N-dealkylation sites (N-methyl/N-ethyl adjacent to an activating group) is 1. The van der Waals surface area contributed by atoms with E-state index < -0.39 is 18.0 Å². The van der Waals surface area contributed by atoms with E-state index in [-0.39, 0.29) is 11.4 Å². The molecule has 0 saturated carbocycles. The van der Waals surface area contributed by atoms with Gasteiger partial charge in [-0.15, -0.1) is 0 Å². The quantitative estimate of drug-likeness (QED) is 0.451. The molecular formula is C20H20N6O3. The van der Waals surface area contributed by atoms with Crippen LogP contribution >= 0.6 is 0 Å². The lowest BCUT2D eigenvalue weighted by atomic mass is 10.2. The Morgan fingerprint density at radius 2 is 1.76 bits per heavy atom. The molecule has 1 atom stereocenters. The predicted octanol–water partition coefficient (Wildman–Crippen LogP) is 1.77. The van der Waals surface area contributed by atoms with Gasteiger partial charge in [0.25, 0.3) is 11.8 Å². The number of nitrogens with zero attached hydrogens (tertiary/aromatic N) is 2. The van der Waals surface area contributed by atoms with E-state index in [9.17, 15) is 9.59 Å². The fourth-order valence-electron chi connectivity index (χ4n) is 2.39. The Bertz CT molecular complexity index is 979. The summed E-state index contributed by atoms with van der Waals surface area (Å²) in [6.45, 7) is 0. The highest BCUT2D eigenvalue weighted by Gasteiger charge is 2.19. The zero-order chi connectivity index (χ0) is 20.6. The van der Waals surface area contributed by atoms with E-state index in [2.05, 4.69) is 25.9 Å². The monoisotopic (exact) mass is 392 g/mol. The van der Waals surface area contributed by atoms with Crippen molar-refractivity contribution in [2.45, 2.75) is 6.17 Å². The maximum atomic E-state index is 12.4. The Hall–Kier alpha value is -3.98. The van der Waals surface area contributed by atoms with Gasteiger partial charge in [0.05, 0.1) is 0 Å². The van der Waals surface area contributed by atoms with Crippen molar-refractivity contribution < 1.29 is 14.3 Å². The summed E-state index contributed by atoms with van der Waals surface area (Å²) in [6.07, 6.45) is 2.02. The minimum Gasteiger partial charge on any atom is -0.438 e. The number of carbonyl (C=O) groups excluding carboxylic acids is 2. The topological polar surface area (TPSA) is 131 Å². The van der Waals surface area contributed by atoms with Crippen LogP contribution in [-0.2, 0) is 4.79 Å². The van der Waals surface area contributed by atoms with Crippen LogP contribution in [0.3, 0.4) is 0 Å². The van der Waals surface area contributed by atoms with Crippen LogP contribution in [0.15, 0.2) is 67.0 Å². The Morgan fingerprint density at radius 3 is 2.45 bits per heavy atom. The predicted molar refractivity (Wildman–Crippen MR) is 108 cm³/mol. The second kappa shape index (κ2) is 9.29. The van der Waals surface area contributed by atoms with Crippen molar-refractivity contribution >= 4 is 23.3 Å². The summed E-state index contributed by atoms with van der Waals surface area (Å²) in [4.78, 5) is 32.3. The molecule has 9 heteroatoms. The molecule has 148 valence electrons. The summed E-state index contributed by atoms with van der Waals surface area (Å²) in [5.74, 6) is 0.218. The first-order valence-corrected chi connectivity index (χ1v) is 8.76. The van der Waals surface area contributed by atoms with E-state index >= 15 is 0 Å². The number of hydrogen-bond donors (Lipinski definition) is 4. The van der Waals surface area contributed by atoms with Crippen molar-refractivity contribution in [3.8, 4) is 11.6 Å². The van der Waals surface area contributed by atoms with Gasteiger partial charge in [-0.05, 0) is 48.5 Å². The minimum atomic E-state index is -1.18. The third kappa shape index (κ3) is 5.27. The molecule has 0 bridgehead atoms. The summed E-state index contributed by atoms with van der Waals surface area (Å²) in [7, 11) is 1.43. The van der Waals surface area contributed by atoms with E-state index in [0.29, 0.717) is 5.75 Å². The molecule has 0 aliphatic carbocycles. The Kier molecular flexibility index (Phi) is 6.33. The largest absolute Gasteiger partial charge is 0.438 e. The molecule has 1 unspecified atom stereocenters. The highest BCUT2D eigenvalue weighted by atomic mass is 16.5. The highest BCUT2D eigenvalue weighted by Crippen LogP contribution is 2.25. The smallest absolute Gasteiger partial charge is 0.258 e. The van der Waals surface area contributed by atoms with Crippen LogP contribution in [0.2, 0.25) is 0 Å². The van der Waals surface area contributed by atoms with Gasteiger partial charge in [-0.1, -0.05) is 6.07 Å². The Balaban J connectivity index is 1.70. The fraction of sp³-hybridized carbons (Fsp3) is 0.100. The summed E-state index contributed by atoms with van der Waals surface area (Å²) >= 11 is 0. The van der Waals surface area contributed by atoms with Gasteiger partial charge in [0.2, 0.25) is 5.88 Å². The van der Waals surface area contributed by atoms with E-state index in [4.69, 9.17) is 10.5 Å². The Labute approximate surface area is 167 Å². The zero-order valence-corrected chi connectivity index (χ0v) is 15.6. The number of rotatable bonds is 7. The molecule has 3 aromatic rings. The van der Waals surface area contributed by atoms with Crippen LogP contribution in [0.1, 0.15) is 10.4 Å². The number of benzene rings is 1. The number of amides is 2. The van der Waals surface area contributed by atoms with Crippen LogP contribution in [0.5, 0.6) is 11.6 Å². The number of aromatic nitrogens is 2. The van der Waals surface area contributed by atoms with Crippen molar-refractivity contribution in [1.29, 1.82) is 0 Å². The molecule has 2 aromatic heterocycles. The van der Waals surface area contributed by atoms with Crippen molar-refractivity contribution in [3.05, 3.63) is 72.6 Å². The van der Waals surface area contributed by atoms with Crippen LogP contribution in [-0.4, -0.2) is 35.0 Å². The molecule has 0 spiro atoms. The van der Waals surface area contributed by atoms with Gasteiger partial charge >= 0.3 is 0 Å². The number of nitrogens with one attached hydrogen (secondary N) is 3. The first-order valence-electron chi connectivity index (χ1n) is 8.76. The molecule has 3 rings (SSSR count). The number of anilines is 2. The maximum Gasteiger partial charge on any atom is 0.258 e. The number of hydrogen-bond acceptors (Lipinski definition) is 7. The van der Waals surface area contributed by atoms with E-state index in [1.54, 1.807) is 24.4 Å².